The average Bonchev–Trinajstić information content (AvgIpc) is 2.78. The Kier molecular flexibility index (Phi) is 3.01. The Bertz CT molecular complexity index is 447. The molecule has 0 fully saturated rings. The topological polar surface area (TPSA) is 67.6 Å². The van der Waals surface area contributed by atoms with Gasteiger partial charge in [0, 0.05) is 18.0 Å². The molecule has 0 saturated heterocycles. The Hall–Kier alpha value is -1.68. The van der Waals surface area contributed by atoms with Gasteiger partial charge in [-0.3, -0.25) is 4.98 Å². The lowest BCUT2D eigenvalue weighted by molar-refractivity contribution is 0.494. The number of rotatable bonds is 3. The molecule has 2 aromatic rings. The summed E-state index contributed by atoms with van der Waals surface area (Å²) in [6.07, 6.45) is 5.35. The molecule has 16 heavy (non-hydrogen) atoms. The molecular weight excluding hydrogens is 200 g/mol. The van der Waals surface area contributed by atoms with Crippen molar-refractivity contribution in [2.45, 2.75) is 19.9 Å². The largest absolute Gasteiger partial charge is 0.341 e. The molecular formula is C12H16N4. The number of nitrogens with two attached hydrogens (primary N) is 1. The first-order valence-corrected chi connectivity index (χ1v) is 5.39. The van der Waals surface area contributed by atoms with Crippen molar-refractivity contribution in [2.24, 2.45) is 11.7 Å². The Balaban J connectivity index is 2.27. The van der Waals surface area contributed by atoms with Crippen LogP contribution in [-0.4, -0.2) is 15.0 Å². The van der Waals surface area contributed by atoms with Gasteiger partial charge in [-0.05, 0) is 18.1 Å². The molecule has 84 valence electrons. The number of pyridine rings is 1. The number of imidazole rings is 1. The zero-order valence-corrected chi connectivity index (χ0v) is 9.51. The van der Waals surface area contributed by atoms with Gasteiger partial charge in [0.05, 0.1) is 17.9 Å². The van der Waals surface area contributed by atoms with Crippen molar-refractivity contribution < 1.29 is 0 Å². The molecule has 0 aliphatic rings. The molecule has 2 heterocycles. The second-order valence-electron chi connectivity index (χ2n) is 4.19. The SMILES string of the molecule is CC(C)C(N)c1ncc(-c2cccnc2)[nH]1. The summed E-state index contributed by atoms with van der Waals surface area (Å²) in [5.41, 5.74) is 8.00. The number of hydrogen-bond acceptors (Lipinski definition) is 3. The van der Waals surface area contributed by atoms with Gasteiger partial charge in [-0.25, -0.2) is 4.98 Å². The lowest BCUT2D eigenvalue weighted by Gasteiger charge is -2.11. The molecule has 0 radical (unpaired) electrons. The molecule has 2 rings (SSSR count). The average molecular weight is 216 g/mol. The molecule has 4 nitrogen and oxygen atoms in total. The Morgan fingerprint density at radius 2 is 2.12 bits per heavy atom. The van der Waals surface area contributed by atoms with Gasteiger partial charge in [-0.15, -0.1) is 0 Å². The van der Waals surface area contributed by atoms with E-state index < -0.39 is 0 Å². The van der Waals surface area contributed by atoms with Crippen LogP contribution in [0, 0.1) is 5.92 Å². The van der Waals surface area contributed by atoms with Crippen LogP contribution in [0.2, 0.25) is 0 Å². The molecule has 0 aromatic carbocycles. The van der Waals surface area contributed by atoms with E-state index >= 15 is 0 Å². The Labute approximate surface area is 94.9 Å². The van der Waals surface area contributed by atoms with Crippen LogP contribution in [0.4, 0.5) is 0 Å². The van der Waals surface area contributed by atoms with Crippen LogP contribution < -0.4 is 5.73 Å². The lowest BCUT2D eigenvalue weighted by atomic mass is 10.1. The molecule has 0 saturated carbocycles. The van der Waals surface area contributed by atoms with E-state index in [1.807, 2.05) is 12.1 Å². The van der Waals surface area contributed by atoms with E-state index in [9.17, 15) is 0 Å². The fraction of sp³-hybridized carbons (Fsp3) is 0.333. The zero-order chi connectivity index (χ0) is 11.5. The summed E-state index contributed by atoms with van der Waals surface area (Å²) in [6.45, 7) is 4.16. The van der Waals surface area contributed by atoms with Crippen molar-refractivity contribution in [2.75, 3.05) is 0 Å². The van der Waals surface area contributed by atoms with Crippen LogP contribution in [0.1, 0.15) is 25.7 Å². The van der Waals surface area contributed by atoms with Crippen molar-refractivity contribution in [1.29, 1.82) is 0 Å². The normalized spacial score (nSPS) is 13.0. The second-order valence-corrected chi connectivity index (χ2v) is 4.19. The number of nitrogens with one attached hydrogen (secondary N) is 1. The summed E-state index contributed by atoms with van der Waals surface area (Å²) in [7, 11) is 0. The van der Waals surface area contributed by atoms with Crippen molar-refractivity contribution in [3.8, 4) is 11.3 Å². The summed E-state index contributed by atoms with van der Waals surface area (Å²) in [5.74, 6) is 1.20. The molecule has 1 unspecified atom stereocenters. The van der Waals surface area contributed by atoms with E-state index in [1.54, 1.807) is 18.6 Å². The highest BCUT2D eigenvalue weighted by Crippen LogP contribution is 2.20. The maximum absolute atomic E-state index is 6.02. The van der Waals surface area contributed by atoms with Crippen LogP contribution in [0.3, 0.4) is 0 Å². The van der Waals surface area contributed by atoms with Crippen LogP contribution in [0.25, 0.3) is 11.3 Å². The van der Waals surface area contributed by atoms with Crippen molar-refractivity contribution >= 4 is 0 Å². The Morgan fingerprint density at radius 1 is 1.31 bits per heavy atom. The minimum absolute atomic E-state index is 0.0505. The standard InChI is InChI=1S/C12H16N4/c1-8(2)11(13)12-15-7-10(16-12)9-4-3-5-14-6-9/h3-8,11H,13H2,1-2H3,(H,15,16). The minimum Gasteiger partial charge on any atom is -0.341 e. The van der Waals surface area contributed by atoms with Crippen LogP contribution in [-0.2, 0) is 0 Å². The fourth-order valence-electron chi connectivity index (χ4n) is 1.49. The first-order chi connectivity index (χ1) is 7.68. The number of H-pyrrole nitrogens is 1. The molecule has 0 amide bonds. The third kappa shape index (κ3) is 2.12. The highest BCUT2D eigenvalue weighted by Gasteiger charge is 2.14. The van der Waals surface area contributed by atoms with Gasteiger partial charge in [0.2, 0.25) is 0 Å². The third-order valence-corrected chi connectivity index (χ3v) is 2.60. The molecule has 3 N–H and O–H groups in total. The summed E-state index contributed by atoms with van der Waals surface area (Å²) in [4.78, 5) is 11.6. The van der Waals surface area contributed by atoms with Gasteiger partial charge in [0.25, 0.3) is 0 Å². The molecule has 1 atom stereocenters. The number of hydrogen-bond donors (Lipinski definition) is 2. The van der Waals surface area contributed by atoms with Crippen molar-refractivity contribution in [3.63, 3.8) is 0 Å². The van der Waals surface area contributed by atoms with E-state index in [4.69, 9.17) is 5.73 Å². The third-order valence-electron chi connectivity index (χ3n) is 2.60. The summed E-state index contributed by atoms with van der Waals surface area (Å²) in [6, 6.07) is 3.84. The first-order valence-electron chi connectivity index (χ1n) is 5.39. The molecule has 0 aliphatic heterocycles. The van der Waals surface area contributed by atoms with Crippen LogP contribution >= 0.6 is 0 Å². The van der Waals surface area contributed by atoms with Gasteiger partial charge in [0.15, 0.2) is 0 Å². The van der Waals surface area contributed by atoms with E-state index in [0.717, 1.165) is 17.1 Å². The molecule has 0 spiro atoms. The van der Waals surface area contributed by atoms with E-state index in [0.29, 0.717) is 5.92 Å². The number of aromatic amines is 1. The molecule has 4 heteroatoms. The number of aromatic nitrogens is 3. The maximum Gasteiger partial charge on any atom is 0.123 e. The summed E-state index contributed by atoms with van der Waals surface area (Å²) in [5, 5.41) is 0. The van der Waals surface area contributed by atoms with Crippen LogP contribution in [0.15, 0.2) is 30.7 Å². The fourth-order valence-corrected chi connectivity index (χ4v) is 1.49. The molecule has 0 bridgehead atoms. The monoisotopic (exact) mass is 216 g/mol. The zero-order valence-electron chi connectivity index (χ0n) is 9.51. The minimum atomic E-state index is -0.0505. The van der Waals surface area contributed by atoms with Gasteiger partial charge < -0.3 is 10.7 Å². The molecule has 0 aliphatic carbocycles. The Morgan fingerprint density at radius 3 is 2.75 bits per heavy atom. The van der Waals surface area contributed by atoms with Crippen LogP contribution in [0.5, 0.6) is 0 Å². The maximum atomic E-state index is 6.02. The van der Waals surface area contributed by atoms with Gasteiger partial charge in [-0.1, -0.05) is 13.8 Å². The van der Waals surface area contributed by atoms with E-state index in [2.05, 4.69) is 28.8 Å². The van der Waals surface area contributed by atoms with Gasteiger partial charge in [0.1, 0.15) is 5.82 Å². The predicted molar refractivity (Wildman–Crippen MR) is 63.6 cm³/mol. The predicted octanol–water partition coefficient (Wildman–Crippen LogP) is 2.13. The van der Waals surface area contributed by atoms with Gasteiger partial charge in [-0.2, -0.15) is 0 Å². The van der Waals surface area contributed by atoms with E-state index in [-0.39, 0.29) is 6.04 Å². The number of nitrogens with zero attached hydrogens (tertiary/aromatic N) is 2. The van der Waals surface area contributed by atoms with E-state index in [1.165, 1.54) is 0 Å². The molecule has 2 aromatic heterocycles. The van der Waals surface area contributed by atoms with Gasteiger partial charge >= 0.3 is 0 Å². The second kappa shape index (κ2) is 4.45. The highest BCUT2D eigenvalue weighted by molar-refractivity contribution is 5.56. The smallest absolute Gasteiger partial charge is 0.123 e. The summed E-state index contributed by atoms with van der Waals surface area (Å²) < 4.78 is 0. The first kappa shape index (κ1) is 10.8. The highest BCUT2D eigenvalue weighted by atomic mass is 15.0. The summed E-state index contributed by atoms with van der Waals surface area (Å²) >= 11 is 0. The van der Waals surface area contributed by atoms with Crippen molar-refractivity contribution in [3.05, 3.63) is 36.5 Å². The lowest BCUT2D eigenvalue weighted by Crippen LogP contribution is -2.18. The van der Waals surface area contributed by atoms with Crippen molar-refractivity contribution in [1.82, 2.24) is 15.0 Å². The quantitative estimate of drug-likeness (QED) is 0.825.